The Morgan fingerprint density at radius 1 is 1.13 bits per heavy atom. The predicted molar refractivity (Wildman–Crippen MR) is 88.8 cm³/mol. The van der Waals surface area contributed by atoms with Crippen LogP contribution in [0.1, 0.15) is 0 Å². The van der Waals surface area contributed by atoms with Crippen molar-refractivity contribution in [2.75, 3.05) is 10.6 Å². The van der Waals surface area contributed by atoms with Gasteiger partial charge >= 0.3 is 0 Å². The van der Waals surface area contributed by atoms with E-state index in [-0.39, 0.29) is 9.94 Å². The Kier molecular flexibility index (Phi) is 4.36. The Bertz CT molecular complexity index is 821. The molecule has 23 heavy (non-hydrogen) atoms. The number of rotatable bonds is 2. The van der Waals surface area contributed by atoms with Gasteiger partial charge in [-0.05, 0) is 36.4 Å². The summed E-state index contributed by atoms with van der Waals surface area (Å²) in [6, 6.07) is 12.5. The maximum atomic E-state index is 12.9. The van der Waals surface area contributed by atoms with Gasteiger partial charge in [0, 0.05) is 10.6 Å². The first-order valence-electron chi connectivity index (χ1n) is 6.59. The first-order chi connectivity index (χ1) is 11.0. The van der Waals surface area contributed by atoms with Gasteiger partial charge in [-0.25, -0.2) is 4.39 Å². The molecule has 2 N–H and O–H groups in total. The summed E-state index contributed by atoms with van der Waals surface area (Å²) in [5.74, 6) is -1.48. The van der Waals surface area contributed by atoms with E-state index in [1.54, 1.807) is 12.1 Å². The number of para-hydroxylation sites is 1. The molecule has 0 atom stereocenters. The highest BCUT2D eigenvalue weighted by Crippen LogP contribution is 2.40. The summed E-state index contributed by atoms with van der Waals surface area (Å²) in [7, 11) is 0. The third-order valence-corrected chi connectivity index (χ3v) is 4.70. The van der Waals surface area contributed by atoms with Crippen LogP contribution in [0, 0.1) is 5.82 Å². The molecule has 1 aliphatic heterocycles. The quantitative estimate of drug-likeness (QED) is 0.808. The lowest BCUT2D eigenvalue weighted by atomic mass is 10.3. The third kappa shape index (κ3) is 3.38. The molecule has 0 bridgehead atoms. The second-order valence-corrected chi connectivity index (χ2v) is 6.09. The van der Waals surface area contributed by atoms with E-state index in [1.165, 1.54) is 24.3 Å². The van der Waals surface area contributed by atoms with Gasteiger partial charge in [0.1, 0.15) is 15.8 Å². The van der Waals surface area contributed by atoms with Gasteiger partial charge in [0.2, 0.25) is 0 Å². The maximum Gasteiger partial charge on any atom is 0.268 e. The van der Waals surface area contributed by atoms with Crippen molar-refractivity contribution in [1.82, 2.24) is 0 Å². The van der Waals surface area contributed by atoms with Gasteiger partial charge in [0.15, 0.2) is 0 Å². The van der Waals surface area contributed by atoms with Crippen LogP contribution in [-0.2, 0) is 9.59 Å². The number of thioether (sulfide) groups is 1. The molecule has 3 rings (SSSR count). The fraction of sp³-hybridized carbons (Fsp3) is 0. The second kappa shape index (κ2) is 6.44. The minimum Gasteiger partial charge on any atom is -0.321 e. The van der Waals surface area contributed by atoms with Crippen LogP contribution in [0.3, 0.4) is 0 Å². The molecule has 0 unspecified atom stereocenters. The van der Waals surface area contributed by atoms with E-state index in [1.807, 2.05) is 12.1 Å². The highest BCUT2D eigenvalue weighted by atomic mass is 35.5. The number of hydrogen-bond donors (Lipinski definition) is 2. The monoisotopic (exact) mass is 348 g/mol. The van der Waals surface area contributed by atoms with Gasteiger partial charge in [-0.2, -0.15) is 0 Å². The highest BCUT2D eigenvalue weighted by Gasteiger charge is 2.26. The second-order valence-electron chi connectivity index (χ2n) is 4.66. The Morgan fingerprint density at radius 3 is 2.57 bits per heavy atom. The zero-order chi connectivity index (χ0) is 16.4. The Balaban J connectivity index is 1.84. The number of carbonyl (C=O) groups is 2. The third-order valence-electron chi connectivity index (χ3n) is 3.05. The van der Waals surface area contributed by atoms with Gasteiger partial charge in [0.25, 0.3) is 11.8 Å². The van der Waals surface area contributed by atoms with Crippen LogP contribution >= 0.6 is 23.4 Å². The minimum absolute atomic E-state index is 0.116. The van der Waals surface area contributed by atoms with Crippen molar-refractivity contribution in [3.63, 3.8) is 0 Å². The molecule has 0 saturated carbocycles. The Hall–Kier alpha value is -2.31. The smallest absolute Gasteiger partial charge is 0.268 e. The van der Waals surface area contributed by atoms with E-state index in [0.717, 1.165) is 16.7 Å². The van der Waals surface area contributed by atoms with Crippen LogP contribution in [0.2, 0.25) is 0 Å². The first-order valence-corrected chi connectivity index (χ1v) is 7.79. The number of carbonyl (C=O) groups excluding carboxylic acids is 2. The van der Waals surface area contributed by atoms with E-state index in [2.05, 4.69) is 10.6 Å². The molecule has 0 aliphatic carbocycles. The van der Waals surface area contributed by atoms with Crippen molar-refractivity contribution in [2.45, 2.75) is 4.90 Å². The summed E-state index contributed by atoms with van der Waals surface area (Å²) < 4.78 is 12.9. The Labute approximate surface area is 140 Å². The molecule has 0 fully saturated rings. The van der Waals surface area contributed by atoms with Crippen molar-refractivity contribution >= 4 is 46.6 Å². The van der Waals surface area contributed by atoms with Gasteiger partial charge in [-0.15, -0.1) is 0 Å². The molecular weight excluding hydrogens is 339 g/mol. The molecule has 2 amide bonds. The molecule has 116 valence electrons. The fourth-order valence-corrected chi connectivity index (χ4v) is 3.13. The van der Waals surface area contributed by atoms with E-state index in [9.17, 15) is 14.0 Å². The molecule has 1 heterocycles. The average molecular weight is 349 g/mol. The van der Waals surface area contributed by atoms with Crippen molar-refractivity contribution in [2.24, 2.45) is 0 Å². The number of anilines is 2. The standard InChI is InChI=1S/C16H10ClFN2O2S/c17-13(15(21)19-10-7-5-9(18)6-8-10)14-16(22)20-11-3-1-2-4-12(11)23-14/h1-8H,(H,19,21)(H,20,22)/b14-13-. The van der Waals surface area contributed by atoms with Crippen molar-refractivity contribution in [1.29, 1.82) is 0 Å². The van der Waals surface area contributed by atoms with E-state index >= 15 is 0 Å². The van der Waals surface area contributed by atoms with Gasteiger partial charge < -0.3 is 10.6 Å². The van der Waals surface area contributed by atoms with Gasteiger partial charge in [0.05, 0.1) is 5.69 Å². The number of hydrogen-bond acceptors (Lipinski definition) is 3. The van der Waals surface area contributed by atoms with Crippen LogP contribution in [0.5, 0.6) is 0 Å². The van der Waals surface area contributed by atoms with Crippen LogP contribution in [0.15, 0.2) is 63.4 Å². The van der Waals surface area contributed by atoms with Crippen molar-refractivity contribution in [3.05, 3.63) is 64.3 Å². The predicted octanol–water partition coefficient (Wildman–Crippen LogP) is 3.96. The number of fused-ring (bicyclic) bond motifs is 1. The number of nitrogens with one attached hydrogen (secondary N) is 2. The zero-order valence-corrected chi connectivity index (χ0v) is 13.2. The van der Waals surface area contributed by atoms with Crippen LogP contribution in [-0.4, -0.2) is 11.8 Å². The largest absolute Gasteiger partial charge is 0.321 e. The SMILES string of the molecule is O=C(Nc1ccc(F)cc1)/C(Cl)=C1/Sc2ccccc2NC1=O. The van der Waals surface area contributed by atoms with Crippen molar-refractivity contribution < 1.29 is 14.0 Å². The average Bonchev–Trinajstić information content (AvgIpc) is 2.55. The molecule has 7 heteroatoms. The lowest BCUT2D eigenvalue weighted by Crippen LogP contribution is -2.21. The maximum absolute atomic E-state index is 12.9. The molecule has 2 aromatic rings. The minimum atomic E-state index is -0.629. The molecule has 0 radical (unpaired) electrons. The zero-order valence-electron chi connectivity index (χ0n) is 11.6. The molecule has 2 aromatic carbocycles. The summed E-state index contributed by atoms with van der Waals surface area (Å²) in [4.78, 5) is 25.2. The van der Waals surface area contributed by atoms with Crippen LogP contribution < -0.4 is 10.6 Å². The molecule has 0 aromatic heterocycles. The molecule has 1 aliphatic rings. The number of amides is 2. The lowest BCUT2D eigenvalue weighted by Gasteiger charge is -2.19. The molecular formula is C16H10ClFN2O2S. The molecule has 0 spiro atoms. The van der Waals surface area contributed by atoms with E-state index in [0.29, 0.717) is 11.4 Å². The molecule has 0 saturated heterocycles. The topological polar surface area (TPSA) is 58.2 Å². The summed E-state index contributed by atoms with van der Waals surface area (Å²) in [5, 5.41) is 4.99. The summed E-state index contributed by atoms with van der Waals surface area (Å²) in [6.45, 7) is 0. The fourth-order valence-electron chi connectivity index (χ4n) is 1.96. The van der Waals surface area contributed by atoms with E-state index in [4.69, 9.17) is 11.6 Å². The summed E-state index contributed by atoms with van der Waals surface area (Å²) >= 11 is 7.19. The lowest BCUT2D eigenvalue weighted by molar-refractivity contribution is -0.114. The van der Waals surface area contributed by atoms with E-state index < -0.39 is 17.6 Å². The van der Waals surface area contributed by atoms with Crippen molar-refractivity contribution in [3.8, 4) is 0 Å². The summed E-state index contributed by atoms with van der Waals surface area (Å²) in [5.41, 5.74) is 1.06. The van der Waals surface area contributed by atoms with Gasteiger partial charge in [-0.1, -0.05) is 35.5 Å². The van der Waals surface area contributed by atoms with Crippen LogP contribution in [0.4, 0.5) is 15.8 Å². The highest BCUT2D eigenvalue weighted by molar-refractivity contribution is 8.04. The first kappa shape index (κ1) is 15.6. The van der Waals surface area contributed by atoms with Crippen LogP contribution in [0.25, 0.3) is 0 Å². The Morgan fingerprint density at radius 2 is 1.83 bits per heavy atom. The number of halogens is 2. The van der Waals surface area contributed by atoms with Gasteiger partial charge in [-0.3, -0.25) is 9.59 Å². The molecule has 4 nitrogen and oxygen atoms in total. The normalized spacial score (nSPS) is 15.5. The summed E-state index contributed by atoms with van der Waals surface area (Å²) in [6.07, 6.45) is 0. The number of benzene rings is 2.